The number of amides is 2. The molecule has 1 fully saturated rings. The first kappa shape index (κ1) is 31.9. The van der Waals surface area contributed by atoms with E-state index >= 15 is 0 Å². The fraction of sp³-hybridized carbons (Fsp3) is 0.516. The van der Waals surface area contributed by atoms with E-state index in [1.165, 1.54) is 11.8 Å². The Bertz CT molecular complexity index is 1150. The summed E-state index contributed by atoms with van der Waals surface area (Å²) in [5.74, 6) is 0.334. The Balaban J connectivity index is 1.54. The van der Waals surface area contributed by atoms with Crippen LogP contribution in [0.25, 0.3) is 0 Å². The number of hydrogen-bond donors (Lipinski definition) is 2. The van der Waals surface area contributed by atoms with E-state index in [0.717, 1.165) is 49.0 Å². The van der Waals surface area contributed by atoms with E-state index in [4.69, 9.17) is 27.9 Å². The predicted octanol–water partition coefficient (Wildman–Crippen LogP) is 5.25. The maximum atomic E-state index is 13.4. The van der Waals surface area contributed by atoms with Gasteiger partial charge in [-0.05, 0) is 87.3 Å². The largest absolute Gasteiger partial charge is 0.492 e. The minimum Gasteiger partial charge on any atom is -0.492 e. The Morgan fingerprint density at radius 2 is 1.75 bits per heavy atom. The third-order valence-electron chi connectivity index (χ3n) is 7.38. The first-order valence-corrected chi connectivity index (χ1v) is 14.8. The lowest BCUT2D eigenvalue weighted by Crippen LogP contribution is -2.55. The molecule has 1 saturated carbocycles. The minimum absolute atomic E-state index is 0.145. The lowest BCUT2D eigenvalue weighted by atomic mass is 10.0. The van der Waals surface area contributed by atoms with Gasteiger partial charge in [0.15, 0.2) is 5.78 Å². The number of Topliss-reactive ketones (excluding diaryl/α,β-unsaturated/α-hetero) is 1. The van der Waals surface area contributed by atoms with Crippen molar-refractivity contribution in [1.82, 2.24) is 15.5 Å². The summed E-state index contributed by atoms with van der Waals surface area (Å²) in [5.41, 5.74) is 2.01. The standard InChI is InChI=1S/C31H41Cl2N3O4/c1-5-6-7-23-12-15-26(33)19-28(23)40-17-16-34-29(24-10-11-24)31(39)36(4)20(2)30(38)35-27(21(3)37)18-22-8-13-25(32)14-9-22/h8-9,12-15,19-20,24,27,29,34H,5-7,10-11,16-18H2,1-4H3,(H,35,38)/t20-,27-,29+/m1/s1. The van der Waals surface area contributed by atoms with Crippen LogP contribution in [0, 0.1) is 5.92 Å². The topological polar surface area (TPSA) is 87.7 Å². The van der Waals surface area contributed by atoms with Crippen LogP contribution >= 0.6 is 23.2 Å². The Labute approximate surface area is 247 Å². The van der Waals surface area contributed by atoms with Crippen molar-refractivity contribution in [2.24, 2.45) is 5.92 Å². The molecule has 0 heterocycles. The van der Waals surface area contributed by atoms with E-state index in [9.17, 15) is 14.4 Å². The van der Waals surface area contributed by atoms with E-state index in [1.807, 2.05) is 30.3 Å². The first-order chi connectivity index (χ1) is 19.1. The van der Waals surface area contributed by atoms with Crippen LogP contribution in [-0.2, 0) is 27.2 Å². The summed E-state index contributed by atoms with van der Waals surface area (Å²) in [6.45, 7) is 6.15. The van der Waals surface area contributed by atoms with Crippen molar-refractivity contribution in [2.75, 3.05) is 20.2 Å². The number of nitrogens with one attached hydrogen (secondary N) is 2. The van der Waals surface area contributed by atoms with E-state index in [0.29, 0.717) is 29.6 Å². The summed E-state index contributed by atoms with van der Waals surface area (Å²) in [7, 11) is 1.63. The highest BCUT2D eigenvalue weighted by molar-refractivity contribution is 6.30. The minimum atomic E-state index is -0.744. The summed E-state index contributed by atoms with van der Waals surface area (Å²) in [5, 5.41) is 7.41. The molecule has 0 bridgehead atoms. The third-order valence-corrected chi connectivity index (χ3v) is 7.87. The molecule has 0 radical (unpaired) electrons. The second-order valence-electron chi connectivity index (χ2n) is 10.6. The highest BCUT2D eigenvalue weighted by atomic mass is 35.5. The third kappa shape index (κ3) is 9.50. The number of aryl methyl sites for hydroxylation is 1. The fourth-order valence-electron chi connectivity index (χ4n) is 4.53. The Hall–Kier alpha value is -2.61. The molecule has 9 heteroatoms. The van der Waals surface area contributed by atoms with E-state index in [-0.39, 0.29) is 23.5 Å². The van der Waals surface area contributed by atoms with Gasteiger partial charge in [-0.15, -0.1) is 0 Å². The number of nitrogens with zero attached hydrogens (tertiary/aromatic N) is 1. The van der Waals surface area contributed by atoms with E-state index in [2.05, 4.69) is 17.6 Å². The lowest BCUT2D eigenvalue weighted by molar-refractivity contribution is -0.141. The Morgan fingerprint density at radius 1 is 1.07 bits per heavy atom. The van der Waals surface area contributed by atoms with Crippen LogP contribution in [0.3, 0.4) is 0 Å². The van der Waals surface area contributed by atoms with Crippen LogP contribution < -0.4 is 15.4 Å². The second kappa shape index (κ2) is 15.4. The number of carbonyl (C=O) groups excluding carboxylic acids is 3. The lowest BCUT2D eigenvalue weighted by Gasteiger charge is -2.30. The summed E-state index contributed by atoms with van der Waals surface area (Å²) < 4.78 is 6.04. The molecule has 3 atom stereocenters. The summed E-state index contributed by atoms with van der Waals surface area (Å²) >= 11 is 12.1. The molecule has 40 heavy (non-hydrogen) atoms. The zero-order valence-electron chi connectivity index (χ0n) is 23.8. The zero-order valence-corrected chi connectivity index (χ0v) is 25.4. The van der Waals surface area contributed by atoms with E-state index < -0.39 is 18.1 Å². The monoisotopic (exact) mass is 589 g/mol. The number of rotatable bonds is 16. The van der Waals surface area contributed by atoms with Crippen molar-refractivity contribution < 1.29 is 19.1 Å². The average Bonchev–Trinajstić information content (AvgIpc) is 3.77. The maximum absolute atomic E-state index is 13.4. The molecule has 1 aliphatic carbocycles. The summed E-state index contributed by atoms with van der Waals surface area (Å²) in [4.78, 5) is 40.3. The number of ether oxygens (including phenoxy) is 1. The maximum Gasteiger partial charge on any atom is 0.243 e. The van der Waals surface area contributed by atoms with Crippen molar-refractivity contribution in [3.63, 3.8) is 0 Å². The van der Waals surface area contributed by atoms with Gasteiger partial charge in [0.1, 0.15) is 18.4 Å². The molecular formula is C31H41Cl2N3O4. The molecule has 2 aromatic rings. The van der Waals surface area contributed by atoms with Gasteiger partial charge in [-0.25, -0.2) is 0 Å². The predicted molar refractivity (Wildman–Crippen MR) is 160 cm³/mol. The van der Waals surface area contributed by atoms with Gasteiger partial charge in [-0.2, -0.15) is 0 Å². The summed E-state index contributed by atoms with van der Waals surface area (Å²) in [6, 6.07) is 11.0. The second-order valence-corrected chi connectivity index (χ2v) is 11.5. The van der Waals surface area contributed by atoms with Gasteiger partial charge < -0.3 is 20.3 Å². The van der Waals surface area contributed by atoms with Crippen molar-refractivity contribution in [2.45, 2.75) is 77.4 Å². The highest BCUT2D eigenvalue weighted by Gasteiger charge is 2.39. The number of unbranched alkanes of at least 4 members (excludes halogenated alkanes) is 1. The Kier molecular flexibility index (Phi) is 12.3. The molecule has 0 spiro atoms. The number of likely N-dealkylation sites (N-methyl/N-ethyl adjacent to an activating group) is 1. The van der Waals surface area contributed by atoms with Gasteiger partial charge in [0.25, 0.3) is 0 Å². The van der Waals surface area contributed by atoms with Crippen LogP contribution in [-0.4, -0.2) is 60.8 Å². The number of halogens is 2. The molecule has 3 rings (SSSR count). The number of hydrogen-bond acceptors (Lipinski definition) is 5. The van der Waals surface area contributed by atoms with Crippen molar-refractivity contribution in [3.05, 3.63) is 63.6 Å². The van der Waals surface area contributed by atoms with Crippen LogP contribution in [0.4, 0.5) is 0 Å². The quantitative estimate of drug-likeness (QED) is 0.261. The van der Waals surface area contributed by atoms with Crippen LogP contribution in [0.15, 0.2) is 42.5 Å². The number of benzene rings is 2. The van der Waals surface area contributed by atoms with Gasteiger partial charge in [0, 0.05) is 23.6 Å². The van der Waals surface area contributed by atoms with Gasteiger partial charge >= 0.3 is 0 Å². The number of ketones is 1. The molecule has 2 N–H and O–H groups in total. The zero-order chi connectivity index (χ0) is 29.2. The van der Waals surface area contributed by atoms with Crippen molar-refractivity contribution in [3.8, 4) is 5.75 Å². The van der Waals surface area contributed by atoms with Crippen molar-refractivity contribution >= 4 is 40.8 Å². The normalized spacial score (nSPS) is 15.2. The molecule has 2 amide bonds. The Morgan fingerprint density at radius 3 is 2.38 bits per heavy atom. The number of carbonyl (C=O) groups is 3. The van der Waals surface area contributed by atoms with Crippen molar-refractivity contribution in [1.29, 1.82) is 0 Å². The molecule has 1 aliphatic rings. The smallest absolute Gasteiger partial charge is 0.243 e. The van der Waals surface area contributed by atoms with Crippen LogP contribution in [0.5, 0.6) is 5.75 Å². The SMILES string of the molecule is CCCCc1ccc(Cl)cc1OCCN[C@H](C(=O)N(C)[C@H](C)C(=O)N[C@H](Cc1ccc(Cl)cc1)C(C)=O)C1CC1. The first-order valence-electron chi connectivity index (χ1n) is 14.1. The molecule has 0 saturated heterocycles. The summed E-state index contributed by atoms with van der Waals surface area (Å²) in [6.07, 6.45) is 5.36. The van der Waals surface area contributed by atoms with Gasteiger partial charge in [0.05, 0.1) is 12.1 Å². The van der Waals surface area contributed by atoms with Crippen LogP contribution in [0.2, 0.25) is 10.0 Å². The molecule has 2 aromatic carbocycles. The fourth-order valence-corrected chi connectivity index (χ4v) is 4.82. The van der Waals surface area contributed by atoms with Gasteiger partial charge in [-0.3, -0.25) is 14.4 Å². The molecule has 7 nitrogen and oxygen atoms in total. The van der Waals surface area contributed by atoms with E-state index in [1.54, 1.807) is 26.1 Å². The molecule has 0 unspecified atom stereocenters. The molecule has 218 valence electrons. The van der Waals surface area contributed by atoms with Gasteiger partial charge in [-0.1, -0.05) is 54.7 Å². The molecular weight excluding hydrogens is 549 g/mol. The average molecular weight is 591 g/mol. The van der Waals surface area contributed by atoms with Crippen LogP contribution in [0.1, 0.15) is 57.6 Å². The molecule has 0 aromatic heterocycles. The van der Waals surface area contributed by atoms with Gasteiger partial charge in [0.2, 0.25) is 11.8 Å². The molecule has 0 aliphatic heterocycles. The highest BCUT2D eigenvalue weighted by Crippen LogP contribution is 2.33.